The van der Waals surface area contributed by atoms with Crippen LogP contribution in [0.3, 0.4) is 0 Å². The first-order valence-corrected chi connectivity index (χ1v) is 10.7. The molecule has 0 aromatic heterocycles. The number of carbonyl (C=O) groups excluding carboxylic acids is 2. The molecule has 2 aliphatic rings. The number of amides is 2. The Hall–Kier alpha value is -1.84. The standard InChI is InChI=1S/C23H34N2O2/c1-17(2)23(24-21(26)14-16-25-15-6-9-22(25)27)20-12-10-19(11-13-20)18-7-4-3-5-8-18/h10-13,17-18,23H,3-9,14-16H2,1-2H3,(H,24,26). The first-order valence-electron chi connectivity index (χ1n) is 10.7. The third kappa shape index (κ3) is 5.33. The highest BCUT2D eigenvalue weighted by molar-refractivity contribution is 5.80. The zero-order valence-electron chi connectivity index (χ0n) is 16.9. The summed E-state index contributed by atoms with van der Waals surface area (Å²) in [6, 6.07) is 8.93. The van der Waals surface area contributed by atoms with E-state index < -0.39 is 0 Å². The van der Waals surface area contributed by atoms with Crippen LogP contribution in [0.1, 0.15) is 88.3 Å². The summed E-state index contributed by atoms with van der Waals surface area (Å²) in [4.78, 5) is 26.0. The third-order valence-electron chi connectivity index (χ3n) is 6.14. The second-order valence-corrected chi connectivity index (χ2v) is 8.53. The van der Waals surface area contributed by atoms with E-state index in [-0.39, 0.29) is 17.9 Å². The van der Waals surface area contributed by atoms with E-state index in [9.17, 15) is 9.59 Å². The van der Waals surface area contributed by atoms with Crippen molar-refractivity contribution in [2.45, 2.75) is 77.2 Å². The maximum absolute atomic E-state index is 12.5. The van der Waals surface area contributed by atoms with Crippen molar-refractivity contribution in [1.82, 2.24) is 10.2 Å². The van der Waals surface area contributed by atoms with Crippen LogP contribution in [0.15, 0.2) is 24.3 Å². The van der Waals surface area contributed by atoms with Crippen molar-refractivity contribution in [3.05, 3.63) is 35.4 Å². The van der Waals surface area contributed by atoms with E-state index in [0.29, 0.717) is 31.2 Å². The highest BCUT2D eigenvalue weighted by Gasteiger charge is 2.23. The number of hydrogen-bond acceptors (Lipinski definition) is 2. The van der Waals surface area contributed by atoms with Gasteiger partial charge in [0, 0.05) is 25.9 Å². The van der Waals surface area contributed by atoms with Crippen LogP contribution < -0.4 is 5.32 Å². The first kappa shape index (κ1) is 19.9. The minimum Gasteiger partial charge on any atom is -0.349 e. The number of nitrogens with zero attached hydrogens (tertiary/aromatic N) is 1. The van der Waals surface area contributed by atoms with E-state index in [1.165, 1.54) is 43.2 Å². The molecule has 148 valence electrons. The van der Waals surface area contributed by atoms with Crippen LogP contribution in [0, 0.1) is 5.92 Å². The van der Waals surface area contributed by atoms with Crippen molar-refractivity contribution >= 4 is 11.8 Å². The van der Waals surface area contributed by atoms with Gasteiger partial charge in [0.1, 0.15) is 0 Å². The fourth-order valence-electron chi connectivity index (χ4n) is 4.47. The van der Waals surface area contributed by atoms with E-state index in [1.807, 2.05) is 4.90 Å². The van der Waals surface area contributed by atoms with Gasteiger partial charge in [-0.25, -0.2) is 0 Å². The Morgan fingerprint density at radius 2 is 1.81 bits per heavy atom. The van der Waals surface area contributed by atoms with Gasteiger partial charge >= 0.3 is 0 Å². The zero-order valence-corrected chi connectivity index (χ0v) is 16.9. The predicted molar refractivity (Wildman–Crippen MR) is 108 cm³/mol. The lowest BCUT2D eigenvalue weighted by Crippen LogP contribution is -2.35. The summed E-state index contributed by atoms with van der Waals surface area (Å²) < 4.78 is 0. The lowest BCUT2D eigenvalue weighted by atomic mass is 9.83. The van der Waals surface area contributed by atoms with Gasteiger partial charge in [0.2, 0.25) is 11.8 Å². The van der Waals surface area contributed by atoms with Crippen molar-refractivity contribution in [3.8, 4) is 0 Å². The molecule has 0 radical (unpaired) electrons. The van der Waals surface area contributed by atoms with Crippen LogP contribution in [0.2, 0.25) is 0 Å². The molecule has 2 amide bonds. The molecule has 1 aromatic carbocycles. The molecule has 2 fully saturated rings. The number of hydrogen-bond donors (Lipinski definition) is 1. The Morgan fingerprint density at radius 3 is 2.41 bits per heavy atom. The summed E-state index contributed by atoms with van der Waals surface area (Å²) in [5, 5.41) is 3.19. The maximum atomic E-state index is 12.5. The molecule has 1 saturated carbocycles. The Morgan fingerprint density at radius 1 is 1.11 bits per heavy atom. The van der Waals surface area contributed by atoms with Crippen LogP contribution in [0.25, 0.3) is 0 Å². The Balaban J connectivity index is 1.57. The summed E-state index contributed by atoms with van der Waals surface area (Å²) in [7, 11) is 0. The number of rotatable bonds is 7. The van der Waals surface area contributed by atoms with E-state index in [1.54, 1.807) is 0 Å². The number of nitrogens with one attached hydrogen (secondary N) is 1. The SMILES string of the molecule is CC(C)C(NC(=O)CCN1CCCC1=O)c1ccc(C2CCCCC2)cc1. The quantitative estimate of drug-likeness (QED) is 0.765. The largest absolute Gasteiger partial charge is 0.349 e. The molecule has 0 spiro atoms. The second kappa shape index (κ2) is 9.38. The van der Waals surface area contributed by atoms with Gasteiger partial charge < -0.3 is 10.2 Å². The Bertz CT molecular complexity index is 632. The Labute approximate surface area is 163 Å². The molecule has 1 aliphatic carbocycles. The summed E-state index contributed by atoms with van der Waals surface area (Å²) >= 11 is 0. The Kier molecular flexibility index (Phi) is 6.92. The summed E-state index contributed by atoms with van der Waals surface area (Å²) in [5.41, 5.74) is 2.62. The molecule has 1 atom stereocenters. The van der Waals surface area contributed by atoms with Crippen LogP contribution in [0.5, 0.6) is 0 Å². The summed E-state index contributed by atoms with van der Waals surface area (Å²) in [6.45, 7) is 5.62. The average Bonchev–Trinajstić information content (AvgIpc) is 3.10. The molecular weight excluding hydrogens is 336 g/mol. The first-order chi connectivity index (χ1) is 13.0. The van der Waals surface area contributed by atoms with Crippen LogP contribution in [0.4, 0.5) is 0 Å². The van der Waals surface area contributed by atoms with Crippen molar-refractivity contribution in [3.63, 3.8) is 0 Å². The van der Waals surface area contributed by atoms with E-state index in [0.717, 1.165) is 13.0 Å². The van der Waals surface area contributed by atoms with E-state index in [4.69, 9.17) is 0 Å². The van der Waals surface area contributed by atoms with Gasteiger partial charge in [-0.15, -0.1) is 0 Å². The molecular formula is C23H34N2O2. The lowest BCUT2D eigenvalue weighted by Gasteiger charge is -2.25. The molecule has 1 N–H and O–H groups in total. The van der Waals surface area contributed by atoms with Gasteiger partial charge in [-0.2, -0.15) is 0 Å². The fourth-order valence-corrected chi connectivity index (χ4v) is 4.47. The summed E-state index contributed by atoms with van der Waals surface area (Å²) in [6.07, 6.45) is 8.60. The van der Waals surface area contributed by atoms with Gasteiger partial charge in [-0.05, 0) is 42.2 Å². The molecule has 1 aliphatic heterocycles. The van der Waals surface area contributed by atoms with Crippen molar-refractivity contribution in [2.24, 2.45) is 5.92 Å². The third-order valence-corrected chi connectivity index (χ3v) is 6.14. The van der Waals surface area contributed by atoms with Crippen LogP contribution in [-0.2, 0) is 9.59 Å². The minimum atomic E-state index is 0.0205. The molecule has 4 nitrogen and oxygen atoms in total. The topological polar surface area (TPSA) is 49.4 Å². The van der Waals surface area contributed by atoms with Crippen molar-refractivity contribution in [1.29, 1.82) is 0 Å². The molecule has 1 saturated heterocycles. The smallest absolute Gasteiger partial charge is 0.222 e. The second-order valence-electron chi connectivity index (χ2n) is 8.53. The van der Waals surface area contributed by atoms with Crippen molar-refractivity contribution < 1.29 is 9.59 Å². The molecule has 1 aromatic rings. The van der Waals surface area contributed by atoms with Gasteiger partial charge in [-0.1, -0.05) is 57.4 Å². The predicted octanol–water partition coefficient (Wildman–Crippen LogP) is 4.56. The van der Waals surface area contributed by atoms with Crippen LogP contribution >= 0.6 is 0 Å². The number of benzene rings is 1. The highest BCUT2D eigenvalue weighted by atomic mass is 16.2. The normalized spacial score (nSPS) is 19.5. The van der Waals surface area contributed by atoms with Crippen molar-refractivity contribution in [2.75, 3.05) is 13.1 Å². The summed E-state index contributed by atoms with van der Waals surface area (Å²) in [5.74, 6) is 1.24. The fraction of sp³-hybridized carbons (Fsp3) is 0.652. The minimum absolute atomic E-state index is 0.0205. The van der Waals surface area contributed by atoms with E-state index in [2.05, 4.69) is 43.4 Å². The zero-order chi connectivity index (χ0) is 19.2. The number of likely N-dealkylation sites (tertiary alicyclic amines) is 1. The van der Waals surface area contributed by atoms with Gasteiger partial charge in [0.05, 0.1) is 6.04 Å². The molecule has 1 heterocycles. The monoisotopic (exact) mass is 370 g/mol. The van der Waals surface area contributed by atoms with Gasteiger partial charge in [-0.3, -0.25) is 9.59 Å². The average molecular weight is 371 g/mol. The highest BCUT2D eigenvalue weighted by Crippen LogP contribution is 2.33. The lowest BCUT2D eigenvalue weighted by molar-refractivity contribution is -0.128. The molecule has 1 unspecified atom stereocenters. The van der Waals surface area contributed by atoms with Gasteiger partial charge in [0.25, 0.3) is 0 Å². The maximum Gasteiger partial charge on any atom is 0.222 e. The van der Waals surface area contributed by atoms with Crippen LogP contribution in [-0.4, -0.2) is 29.8 Å². The molecule has 27 heavy (non-hydrogen) atoms. The number of carbonyl (C=O) groups is 2. The molecule has 4 heteroatoms. The molecule has 3 rings (SSSR count). The van der Waals surface area contributed by atoms with E-state index >= 15 is 0 Å². The molecule has 0 bridgehead atoms. The van der Waals surface area contributed by atoms with Gasteiger partial charge in [0.15, 0.2) is 0 Å².